The van der Waals surface area contributed by atoms with E-state index in [0.717, 1.165) is 0 Å². The Balaban J connectivity index is 2.64. The van der Waals surface area contributed by atoms with Gasteiger partial charge in [0.15, 0.2) is 6.10 Å². The number of hydrogen-bond acceptors (Lipinski definition) is 5. The summed E-state index contributed by atoms with van der Waals surface area (Å²) in [6.07, 6.45) is -0.862. The van der Waals surface area contributed by atoms with Crippen molar-refractivity contribution < 1.29 is 19.1 Å². The second-order valence-corrected chi connectivity index (χ2v) is 5.14. The molecule has 0 bridgehead atoms. The van der Waals surface area contributed by atoms with Gasteiger partial charge in [-0.1, -0.05) is 13.8 Å². The molecule has 1 rings (SSSR count). The molecule has 1 aromatic carbocycles. The van der Waals surface area contributed by atoms with E-state index in [1.54, 1.807) is 6.07 Å². The summed E-state index contributed by atoms with van der Waals surface area (Å²) in [5.41, 5.74) is 6.34. The number of benzene rings is 1. The largest absolute Gasteiger partial charge is 0.495 e. The zero-order valence-electron chi connectivity index (χ0n) is 12.8. The third kappa shape index (κ3) is 4.98. The van der Waals surface area contributed by atoms with Gasteiger partial charge < -0.3 is 20.5 Å². The lowest BCUT2D eigenvalue weighted by molar-refractivity contribution is -0.129. The summed E-state index contributed by atoms with van der Waals surface area (Å²) in [4.78, 5) is 23.7. The molecule has 0 spiro atoms. The minimum absolute atomic E-state index is 0.275. The minimum atomic E-state index is -0.862. The monoisotopic (exact) mass is 294 g/mol. The Morgan fingerprint density at radius 1 is 1.29 bits per heavy atom. The lowest BCUT2D eigenvalue weighted by Gasteiger charge is -2.15. The van der Waals surface area contributed by atoms with Crippen LogP contribution in [0.1, 0.15) is 31.1 Å². The van der Waals surface area contributed by atoms with Gasteiger partial charge in [-0.25, -0.2) is 4.79 Å². The smallest absolute Gasteiger partial charge is 0.338 e. The fourth-order valence-electron chi connectivity index (χ4n) is 1.59. The van der Waals surface area contributed by atoms with Crippen molar-refractivity contribution in [1.29, 1.82) is 0 Å². The summed E-state index contributed by atoms with van der Waals surface area (Å²) in [5.74, 6) is -0.109. The SMILES string of the molecule is COc1ccc(C(=O)OC(C)C(=O)NCC(C)C)cc1N. The summed E-state index contributed by atoms with van der Waals surface area (Å²) >= 11 is 0. The number of nitrogens with one attached hydrogen (secondary N) is 1. The molecule has 116 valence electrons. The molecule has 1 atom stereocenters. The maximum atomic E-state index is 12.0. The van der Waals surface area contributed by atoms with E-state index < -0.39 is 12.1 Å². The normalized spacial score (nSPS) is 11.9. The van der Waals surface area contributed by atoms with Gasteiger partial charge in [-0.3, -0.25) is 4.79 Å². The highest BCUT2D eigenvalue weighted by atomic mass is 16.5. The molecule has 6 heteroatoms. The summed E-state index contributed by atoms with van der Waals surface area (Å²) in [6.45, 7) is 6.03. The van der Waals surface area contributed by atoms with Gasteiger partial charge in [-0.15, -0.1) is 0 Å². The fourth-order valence-corrected chi connectivity index (χ4v) is 1.59. The predicted octanol–water partition coefficient (Wildman–Crippen LogP) is 1.59. The summed E-state index contributed by atoms with van der Waals surface area (Å²) in [5, 5.41) is 2.71. The number of ether oxygens (including phenoxy) is 2. The van der Waals surface area contributed by atoms with Crippen LogP contribution in [0.4, 0.5) is 5.69 Å². The van der Waals surface area contributed by atoms with Gasteiger partial charge in [-0.05, 0) is 31.0 Å². The summed E-state index contributed by atoms with van der Waals surface area (Å²) in [7, 11) is 1.49. The number of carbonyl (C=O) groups is 2. The van der Waals surface area contributed by atoms with Crippen molar-refractivity contribution in [2.45, 2.75) is 26.9 Å². The first-order valence-corrected chi connectivity index (χ1v) is 6.77. The average Bonchev–Trinajstić information content (AvgIpc) is 2.44. The third-order valence-corrected chi connectivity index (χ3v) is 2.80. The van der Waals surface area contributed by atoms with Crippen LogP contribution < -0.4 is 15.8 Å². The van der Waals surface area contributed by atoms with Crippen molar-refractivity contribution in [2.24, 2.45) is 5.92 Å². The van der Waals surface area contributed by atoms with Gasteiger partial charge >= 0.3 is 5.97 Å². The molecule has 0 radical (unpaired) electrons. The molecule has 3 N–H and O–H groups in total. The van der Waals surface area contributed by atoms with Crippen LogP contribution in [0, 0.1) is 5.92 Å². The van der Waals surface area contributed by atoms with Gasteiger partial charge in [0.25, 0.3) is 5.91 Å². The van der Waals surface area contributed by atoms with Gasteiger partial charge in [0.1, 0.15) is 5.75 Å². The molecule has 0 heterocycles. The number of rotatable bonds is 6. The molecule has 0 aromatic heterocycles. The molecule has 1 unspecified atom stereocenters. The van der Waals surface area contributed by atoms with Crippen LogP contribution in [-0.4, -0.2) is 31.6 Å². The Labute approximate surface area is 124 Å². The van der Waals surface area contributed by atoms with Gasteiger partial charge in [-0.2, -0.15) is 0 Å². The van der Waals surface area contributed by atoms with Crippen molar-refractivity contribution in [3.8, 4) is 5.75 Å². The number of hydrogen-bond donors (Lipinski definition) is 2. The number of anilines is 1. The van der Waals surface area contributed by atoms with Gasteiger partial charge in [0.2, 0.25) is 0 Å². The van der Waals surface area contributed by atoms with Crippen LogP contribution in [0.5, 0.6) is 5.75 Å². The number of amides is 1. The number of methoxy groups -OCH3 is 1. The highest BCUT2D eigenvalue weighted by Crippen LogP contribution is 2.22. The third-order valence-electron chi connectivity index (χ3n) is 2.80. The molecule has 1 aromatic rings. The first kappa shape index (κ1) is 16.8. The van der Waals surface area contributed by atoms with Crippen LogP contribution >= 0.6 is 0 Å². The first-order valence-electron chi connectivity index (χ1n) is 6.77. The van der Waals surface area contributed by atoms with E-state index in [9.17, 15) is 9.59 Å². The molecule has 0 saturated carbocycles. The zero-order chi connectivity index (χ0) is 16.0. The molecule has 0 saturated heterocycles. The number of esters is 1. The number of nitrogen functional groups attached to an aromatic ring is 1. The number of nitrogens with two attached hydrogens (primary N) is 1. The molecule has 6 nitrogen and oxygen atoms in total. The van der Waals surface area contributed by atoms with E-state index in [0.29, 0.717) is 23.9 Å². The van der Waals surface area contributed by atoms with E-state index in [1.165, 1.54) is 26.2 Å². The topological polar surface area (TPSA) is 90.6 Å². The van der Waals surface area contributed by atoms with Gasteiger partial charge in [0.05, 0.1) is 18.4 Å². The second kappa shape index (κ2) is 7.52. The van der Waals surface area contributed by atoms with E-state index in [2.05, 4.69) is 5.32 Å². The Morgan fingerprint density at radius 2 is 1.95 bits per heavy atom. The van der Waals surface area contributed by atoms with Crippen molar-refractivity contribution in [3.05, 3.63) is 23.8 Å². The molecule has 1 amide bonds. The van der Waals surface area contributed by atoms with E-state index >= 15 is 0 Å². The molecular weight excluding hydrogens is 272 g/mol. The minimum Gasteiger partial charge on any atom is -0.495 e. The predicted molar refractivity (Wildman–Crippen MR) is 80.1 cm³/mol. The van der Waals surface area contributed by atoms with Crippen LogP contribution in [-0.2, 0) is 9.53 Å². The quantitative estimate of drug-likeness (QED) is 0.614. The lowest BCUT2D eigenvalue weighted by Crippen LogP contribution is -2.37. The van der Waals surface area contributed by atoms with Crippen LogP contribution in [0.25, 0.3) is 0 Å². The standard InChI is InChI=1S/C15H22N2O4/c1-9(2)8-17-14(18)10(3)21-15(19)11-5-6-13(20-4)12(16)7-11/h5-7,9-10H,8,16H2,1-4H3,(H,17,18). The van der Waals surface area contributed by atoms with Crippen molar-refractivity contribution in [2.75, 3.05) is 19.4 Å². The Morgan fingerprint density at radius 3 is 2.48 bits per heavy atom. The van der Waals surface area contributed by atoms with E-state index in [1.807, 2.05) is 13.8 Å². The highest BCUT2D eigenvalue weighted by Gasteiger charge is 2.19. The number of carbonyl (C=O) groups excluding carboxylic acids is 2. The zero-order valence-corrected chi connectivity index (χ0v) is 12.8. The molecular formula is C15H22N2O4. The maximum Gasteiger partial charge on any atom is 0.338 e. The second-order valence-electron chi connectivity index (χ2n) is 5.14. The first-order chi connectivity index (χ1) is 9.85. The van der Waals surface area contributed by atoms with Crippen molar-refractivity contribution in [3.63, 3.8) is 0 Å². The summed E-state index contributed by atoms with van der Waals surface area (Å²) in [6, 6.07) is 4.58. The molecule has 21 heavy (non-hydrogen) atoms. The highest BCUT2D eigenvalue weighted by molar-refractivity contribution is 5.93. The molecule has 0 fully saturated rings. The Kier molecular flexibility index (Phi) is 6.02. The van der Waals surface area contributed by atoms with E-state index in [-0.39, 0.29) is 11.5 Å². The maximum absolute atomic E-state index is 12.0. The summed E-state index contributed by atoms with van der Waals surface area (Å²) < 4.78 is 10.1. The Hall–Kier alpha value is -2.24. The van der Waals surface area contributed by atoms with Crippen molar-refractivity contribution in [1.82, 2.24) is 5.32 Å². The van der Waals surface area contributed by atoms with Crippen LogP contribution in [0.15, 0.2) is 18.2 Å². The van der Waals surface area contributed by atoms with Crippen LogP contribution in [0.3, 0.4) is 0 Å². The van der Waals surface area contributed by atoms with E-state index in [4.69, 9.17) is 15.2 Å². The fraction of sp³-hybridized carbons (Fsp3) is 0.467. The molecule has 0 aliphatic rings. The van der Waals surface area contributed by atoms with Crippen LogP contribution in [0.2, 0.25) is 0 Å². The lowest BCUT2D eigenvalue weighted by atomic mass is 10.2. The molecule has 0 aliphatic heterocycles. The van der Waals surface area contributed by atoms with Gasteiger partial charge in [0, 0.05) is 6.54 Å². The Bertz CT molecular complexity index is 514. The average molecular weight is 294 g/mol. The van der Waals surface area contributed by atoms with Crippen molar-refractivity contribution >= 4 is 17.6 Å². The molecule has 0 aliphatic carbocycles.